The molecule has 1 rings (SSSR count). The molecule has 0 heterocycles. The van der Waals surface area contributed by atoms with Gasteiger partial charge in [-0.15, -0.1) is 0 Å². The number of nitrogens with one attached hydrogen (secondary N) is 1. The highest BCUT2D eigenvalue weighted by Gasteiger charge is 2.19. The third-order valence-electron chi connectivity index (χ3n) is 2.92. The lowest BCUT2D eigenvalue weighted by Gasteiger charge is -2.25. The predicted octanol–water partition coefficient (Wildman–Crippen LogP) is 1.72. The molecule has 1 atom stereocenters. The van der Waals surface area contributed by atoms with Gasteiger partial charge in [0.1, 0.15) is 5.82 Å². The lowest BCUT2D eigenvalue weighted by molar-refractivity contribution is 0.0912. The Kier molecular flexibility index (Phi) is 5.30. The second kappa shape index (κ2) is 6.52. The van der Waals surface area contributed by atoms with Gasteiger partial charge < -0.3 is 16.0 Å². The number of carbonyl (C=O) groups is 1. The van der Waals surface area contributed by atoms with Gasteiger partial charge in [0.25, 0.3) is 5.91 Å². The van der Waals surface area contributed by atoms with Gasteiger partial charge in [-0.1, -0.05) is 13.8 Å². The van der Waals surface area contributed by atoms with Gasteiger partial charge in [0.15, 0.2) is 0 Å². The molecule has 0 saturated carbocycles. The Morgan fingerprint density at radius 1 is 1.42 bits per heavy atom. The lowest BCUT2D eigenvalue weighted by atomic mass is 10.0. The van der Waals surface area contributed by atoms with Crippen LogP contribution in [-0.2, 0) is 0 Å². The maximum Gasteiger partial charge on any atom is 0.254 e. The summed E-state index contributed by atoms with van der Waals surface area (Å²) in [6, 6.07) is 4.06. The molecule has 19 heavy (non-hydrogen) atoms. The summed E-state index contributed by atoms with van der Waals surface area (Å²) in [6.45, 7) is 4.75. The number of carbonyl (C=O) groups excluding carboxylic acids is 1. The van der Waals surface area contributed by atoms with Crippen LogP contribution in [0.5, 0.6) is 0 Å². The molecule has 1 unspecified atom stereocenters. The van der Waals surface area contributed by atoms with Crippen LogP contribution in [0.4, 0.5) is 10.1 Å². The van der Waals surface area contributed by atoms with E-state index in [-0.39, 0.29) is 17.5 Å². The van der Waals surface area contributed by atoms with Crippen molar-refractivity contribution < 1.29 is 9.18 Å². The Morgan fingerprint density at radius 3 is 2.53 bits per heavy atom. The van der Waals surface area contributed by atoms with E-state index in [1.165, 1.54) is 12.1 Å². The van der Waals surface area contributed by atoms with Crippen molar-refractivity contribution >= 4 is 11.6 Å². The molecule has 0 saturated heterocycles. The van der Waals surface area contributed by atoms with Crippen LogP contribution in [-0.4, -0.2) is 37.5 Å². The number of anilines is 1. The Bertz CT molecular complexity index is 446. The maximum absolute atomic E-state index is 13.7. The van der Waals surface area contributed by atoms with Crippen LogP contribution in [0.25, 0.3) is 0 Å². The Labute approximate surface area is 113 Å². The number of hydrogen-bond donors (Lipinski definition) is 2. The third-order valence-corrected chi connectivity index (χ3v) is 2.92. The van der Waals surface area contributed by atoms with E-state index in [1.54, 1.807) is 0 Å². The van der Waals surface area contributed by atoms with Crippen molar-refractivity contribution in [2.75, 3.05) is 26.4 Å². The van der Waals surface area contributed by atoms with E-state index in [0.717, 1.165) is 6.07 Å². The first-order valence-electron chi connectivity index (χ1n) is 6.32. The number of nitrogens with two attached hydrogens (primary N) is 1. The summed E-state index contributed by atoms with van der Waals surface area (Å²) in [5, 5.41) is 2.86. The number of nitrogens with zero attached hydrogens (tertiary/aromatic N) is 1. The van der Waals surface area contributed by atoms with Gasteiger partial charge in [-0.3, -0.25) is 4.79 Å². The maximum atomic E-state index is 13.7. The number of nitrogen functional groups attached to an aromatic ring is 1. The molecular weight excluding hydrogens is 245 g/mol. The minimum atomic E-state index is -0.593. The zero-order valence-electron chi connectivity index (χ0n) is 11.9. The van der Waals surface area contributed by atoms with Crippen LogP contribution in [0.1, 0.15) is 24.2 Å². The minimum Gasteiger partial charge on any atom is -0.399 e. The molecule has 0 fully saturated rings. The van der Waals surface area contributed by atoms with Crippen LogP contribution in [0.15, 0.2) is 18.2 Å². The summed E-state index contributed by atoms with van der Waals surface area (Å²) < 4.78 is 13.7. The lowest BCUT2D eigenvalue weighted by Crippen LogP contribution is -2.45. The topological polar surface area (TPSA) is 58.4 Å². The van der Waals surface area contributed by atoms with Gasteiger partial charge in [0, 0.05) is 18.3 Å². The summed E-state index contributed by atoms with van der Waals surface area (Å²) in [7, 11) is 3.87. The van der Waals surface area contributed by atoms with E-state index in [4.69, 9.17) is 5.73 Å². The molecule has 0 aliphatic rings. The van der Waals surface area contributed by atoms with Gasteiger partial charge in [-0.2, -0.15) is 0 Å². The van der Waals surface area contributed by atoms with Crippen LogP contribution < -0.4 is 11.1 Å². The molecule has 0 radical (unpaired) electrons. The number of benzene rings is 1. The van der Waals surface area contributed by atoms with Crippen molar-refractivity contribution in [3.05, 3.63) is 29.6 Å². The number of rotatable bonds is 5. The Morgan fingerprint density at radius 2 is 2.05 bits per heavy atom. The molecule has 4 nitrogen and oxygen atoms in total. The third kappa shape index (κ3) is 4.52. The average Bonchev–Trinajstić information content (AvgIpc) is 2.26. The molecule has 1 amide bonds. The molecule has 1 aromatic carbocycles. The molecule has 0 aliphatic heterocycles. The van der Waals surface area contributed by atoms with E-state index in [9.17, 15) is 9.18 Å². The average molecular weight is 267 g/mol. The highest BCUT2D eigenvalue weighted by molar-refractivity contribution is 5.95. The van der Waals surface area contributed by atoms with E-state index >= 15 is 0 Å². The molecule has 0 aliphatic carbocycles. The molecule has 3 N–H and O–H groups in total. The number of hydrogen-bond acceptors (Lipinski definition) is 3. The van der Waals surface area contributed by atoms with E-state index in [0.29, 0.717) is 12.2 Å². The first-order valence-corrected chi connectivity index (χ1v) is 6.32. The van der Waals surface area contributed by atoms with Crippen LogP contribution in [0.2, 0.25) is 0 Å². The van der Waals surface area contributed by atoms with Crippen LogP contribution in [0, 0.1) is 11.7 Å². The Hall–Kier alpha value is -1.62. The SMILES string of the molecule is CC(C)C(CN(C)C)NC(=O)c1ccc(N)cc1F. The van der Waals surface area contributed by atoms with E-state index in [2.05, 4.69) is 5.32 Å². The Balaban J connectivity index is 2.81. The zero-order valence-corrected chi connectivity index (χ0v) is 11.9. The highest BCUT2D eigenvalue weighted by atomic mass is 19.1. The molecule has 0 spiro atoms. The van der Waals surface area contributed by atoms with Gasteiger partial charge in [0.05, 0.1) is 5.56 Å². The van der Waals surface area contributed by atoms with E-state index in [1.807, 2.05) is 32.8 Å². The standard InChI is InChI=1S/C14H22FN3O/c1-9(2)13(8-18(3)4)17-14(19)11-6-5-10(16)7-12(11)15/h5-7,9,13H,8,16H2,1-4H3,(H,17,19). The first kappa shape index (κ1) is 15.4. The quantitative estimate of drug-likeness (QED) is 0.799. The number of amides is 1. The molecule has 1 aromatic rings. The van der Waals surface area contributed by atoms with Crippen molar-refractivity contribution in [3.8, 4) is 0 Å². The normalized spacial score (nSPS) is 12.8. The van der Waals surface area contributed by atoms with Gasteiger partial charge >= 0.3 is 0 Å². The predicted molar refractivity (Wildman–Crippen MR) is 75.5 cm³/mol. The fourth-order valence-corrected chi connectivity index (χ4v) is 1.78. The van der Waals surface area contributed by atoms with Crippen molar-refractivity contribution in [2.45, 2.75) is 19.9 Å². The van der Waals surface area contributed by atoms with Gasteiger partial charge in [-0.05, 0) is 38.2 Å². The number of halogens is 1. The summed E-state index contributed by atoms with van der Waals surface area (Å²) in [5.74, 6) is -0.730. The summed E-state index contributed by atoms with van der Waals surface area (Å²) in [4.78, 5) is 14.1. The molecule has 0 bridgehead atoms. The van der Waals surface area contributed by atoms with Crippen molar-refractivity contribution in [3.63, 3.8) is 0 Å². The molecule has 0 aromatic heterocycles. The van der Waals surface area contributed by atoms with Crippen LogP contribution >= 0.6 is 0 Å². The second-order valence-corrected chi connectivity index (χ2v) is 5.33. The zero-order chi connectivity index (χ0) is 14.6. The summed E-state index contributed by atoms with van der Waals surface area (Å²) in [6.07, 6.45) is 0. The summed E-state index contributed by atoms with van der Waals surface area (Å²) in [5.41, 5.74) is 5.80. The highest BCUT2D eigenvalue weighted by Crippen LogP contribution is 2.13. The van der Waals surface area contributed by atoms with Gasteiger partial charge in [0.2, 0.25) is 0 Å². The van der Waals surface area contributed by atoms with Gasteiger partial charge in [-0.25, -0.2) is 4.39 Å². The summed E-state index contributed by atoms with van der Waals surface area (Å²) >= 11 is 0. The fourth-order valence-electron chi connectivity index (χ4n) is 1.78. The van der Waals surface area contributed by atoms with Crippen molar-refractivity contribution in [1.82, 2.24) is 10.2 Å². The fraction of sp³-hybridized carbons (Fsp3) is 0.500. The number of likely N-dealkylation sites (N-methyl/N-ethyl adjacent to an activating group) is 1. The van der Waals surface area contributed by atoms with E-state index < -0.39 is 11.7 Å². The minimum absolute atomic E-state index is 0.0265. The first-order chi connectivity index (χ1) is 8.81. The van der Waals surface area contributed by atoms with Crippen LogP contribution in [0.3, 0.4) is 0 Å². The molecule has 106 valence electrons. The largest absolute Gasteiger partial charge is 0.399 e. The van der Waals surface area contributed by atoms with Crippen molar-refractivity contribution in [1.29, 1.82) is 0 Å². The molecule has 5 heteroatoms. The second-order valence-electron chi connectivity index (χ2n) is 5.33. The van der Waals surface area contributed by atoms with Crippen molar-refractivity contribution in [2.24, 2.45) is 5.92 Å². The smallest absolute Gasteiger partial charge is 0.254 e. The molecular formula is C14H22FN3O. The monoisotopic (exact) mass is 267 g/mol.